The van der Waals surface area contributed by atoms with Gasteiger partial charge in [0.15, 0.2) is 0 Å². The van der Waals surface area contributed by atoms with Crippen LogP contribution in [0.3, 0.4) is 0 Å². The van der Waals surface area contributed by atoms with Crippen molar-refractivity contribution in [3.05, 3.63) is 32.2 Å². The molecule has 0 radical (unpaired) electrons. The summed E-state index contributed by atoms with van der Waals surface area (Å²) in [4.78, 5) is 41.2. The Bertz CT molecular complexity index is 946. The summed E-state index contributed by atoms with van der Waals surface area (Å²) >= 11 is 1.08. The molecule has 0 fully saturated rings. The van der Waals surface area contributed by atoms with Crippen LogP contribution in [-0.2, 0) is 11.8 Å². The summed E-state index contributed by atoms with van der Waals surface area (Å²) in [6, 6.07) is -0.972. The largest absolute Gasteiger partial charge is 0.480 e. The fourth-order valence-corrected chi connectivity index (χ4v) is 3.79. The zero-order valence-electron chi connectivity index (χ0n) is 16.3. The molecule has 1 atom stereocenters. The molecule has 0 saturated heterocycles. The molecular formula is C18H24N4O4S. The first-order valence-electron chi connectivity index (χ1n) is 8.58. The van der Waals surface area contributed by atoms with Crippen molar-refractivity contribution in [2.24, 2.45) is 13.0 Å². The second kappa shape index (κ2) is 7.99. The molecule has 0 saturated carbocycles. The predicted octanol–water partition coefficient (Wildman–Crippen LogP) is 2.06. The fourth-order valence-electron chi connectivity index (χ4n) is 2.73. The normalized spacial score (nSPS) is 12.3. The molecule has 0 aliphatic rings. The van der Waals surface area contributed by atoms with Crippen molar-refractivity contribution in [3.8, 4) is 10.6 Å². The standard InChI is InChI=1S/C18H24N4O4S/c1-8(2)7-12(18(25)26)20-15(23)14-11(5)19-16(27-14)13-9(3)10(4)21-22(6)17(13)24/h8,12H,7H2,1-6H3,(H,20,23)(H,25,26)/t12-/m0/s1. The van der Waals surface area contributed by atoms with E-state index < -0.39 is 17.9 Å². The number of nitrogens with zero attached hydrogens (tertiary/aromatic N) is 3. The highest BCUT2D eigenvalue weighted by molar-refractivity contribution is 7.17. The first-order chi connectivity index (χ1) is 12.5. The van der Waals surface area contributed by atoms with E-state index in [1.54, 1.807) is 27.8 Å². The summed E-state index contributed by atoms with van der Waals surface area (Å²) < 4.78 is 1.25. The van der Waals surface area contributed by atoms with E-state index in [4.69, 9.17) is 0 Å². The van der Waals surface area contributed by atoms with Gasteiger partial charge in [-0.2, -0.15) is 5.10 Å². The Morgan fingerprint density at radius 1 is 1.22 bits per heavy atom. The number of nitrogens with one attached hydrogen (secondary N) is 1. The number of hydrogen-bond acceptors (Lipinski definition) is 6. The molecule has 2 aromatic rings. The van der Waals surface area contributed by atoms with Crippen LogP contribution in [-0.4, -0.2) is 37.8 Å². The Kier molecular flexibility index (Phi) is 6.15. The summed E-state index contributed by atoms with van der Waals surface area (Å²) in [5.74, 6) is -1.45. The Hall–Kier alpha value is -2.55. The molecule has 2 aromatic heterocycles. The van der Waals surface area contributed by atoms with Crippen LogP contribution in [0.1, 0.15) is 46.9 Å². The van der Waals surface area contributed by atoms with Crippen molar-refractivity contribution in [1.29, 1.82) is 0 Å². The SMILES string of the molecule is Cc1nc(-c2c(C)c(C)nn(C)c2=O)sc1C(=O)N[C@@H](CC(C)C)C(=O)O. The van der Waals surface area contributed by atoms with Gasteiger partial charge in [-0.25, -0.2) is 14.5 Å². The second-order valence-electron chi connectivity index (χ2n) is 6.94. The van der Waals surface area contributed by atoms with Gasteiger partial charge in [0.25, 0.3) is 11.5 Å². The lowest BCUT2D eigenvalue weighted by Gasteiger charge is -2.15. The van der Waals surface area contributed by atoms with Gasteiger partial charge in [-0.05, 0) is 38.7 Å². The number of rotatable bonds is 6. The van der Waals surface area contributed by atoms with Gasteiger partial charge in [-0.1, -0.05) is 13.8 Å². The number of aromatic nitrogens is 3. The van der Waals surface area contributed by atoms with Gasteiger partial charge < -0.3 is 10.4 Å². The van der Waals surface area contributed by atoms with Gasteiger partial charge in [0.05, 0.1) is 17.0 Å². The third-order valence-corrected chi connectivity index (χ3v) is 5.43. The number of carboxylic acids is 1. The van der Waals surface area contributed by atoms with E-state index in [9.17, 15) is 19.5 Å². The summed E-state index contributed by atoms with van der Waals surface area (Å²) in [5.41, 5.74) is 1.99. The van der Waals surface area contributed by atoms with E-state index in [0.29, 0.717) is 38.8 Å². The monoisotopic (exact) mass is 392 g/mol. The lowest BCUT2D eigenvalue weighted by Crippen LogP contribution is -2.41. The lowest BCUT2D eigenvalue weighted by atomic mass is 10.0. The zero-order chi connectivity index (χ0) is 20.5. The van der Waals surface area contributed by atoms with Crippen molar-refractivity contribution in [3.63, 3.8) is 0 Å². The number of carbonyl (C=O) groups excluding carboxylic acids is 1. The Morgan fingerprint density at radius 2 is 1.85 bits per heavy atom. The molecule has 9 heteroatoms. The topological polar surface area (TPSA) is 114 Å². The minimum absolute atomic E-state index is 0.120. The van der Waals surface area contributed by atoms with Crippen LogP contribution in [0.2, 0.25) is 0 Å². The second-order valence-corrected chi connectivity index (χ2v) is 7.94. The van der Waals surface area contributed by atoms with Crippen molar-refractivity contribution in [1.82, 2.24) is 20.1 Å². The Balaban J connectivity index is 2.41. The van der Waals surface area contributed by atoms with Crippen molar-refractivity contribution < 1.29 is 14.7 Å². The lowest BCUT2D eigenvalue weighted by molar-refractivity contribution is -0.139. The summed E-state index contributed by atoms with van der Waals surface area (Å²) in [5, 5.41) is 16.5. The van der Waals surface area contributed by atoms with E-state index in [0.717, 1.165) is 11.3 Å². The van der Waals surface area contributed by atoms with E-state index in [1.807, 2.05) is 13.8 Å². The van der Waals surface area contributed by atoms with E-state index in [2.05, 4.69) is 15.4 Å². The first-order valence-corrected chi connectivity index (χ1v) is 9.40. The number of amides is 1. The summed E-state index contributed by atoms with van der Waals surface area (Å²) in [6.45, 7) is 9.04. The predicted molar refractivity (Wildman–Crippen MR) is 103 cm³/mol. The highest BCUT2D eigenvalue weighted by Crippen LogP contribution is 2.28. The van der Waals surface area contributed by atoms with Gasteiger partial charge in [0.2, 0.25) is 0 Å². The number of carbonyl (C=O) groups is 2. The number of aryl methyl sites for hydroxylation is 3. The van der Waals surface area contributed by atoms with Crippen LogP contribution < -0.4 is 10.9 Å². The smallest absolute Gasteiger partial charge is 0.326 e. The maximum Gasteiger partial charge on any atom is 0.326 e. The average molecular weight is 392 g/mol. The van der Waals surface area contributed by atoms with Crippen LogP contribution in [0.25, 0.3) is 10.6 Å². The molecule has 146 valence electrons. The summed E-state index contributed by atoms with van der Waals surface area (Å²) in [6.07, 6.45) is 0.328. The quantitative estimate of drug-likeness (QED) is 0.778. The zero-order valence-corrected chi connectivity index (χ0v) is 17.1. The van der Waals surface area contributed by atoms with Crippen LogP contribution >= 0.6 is 11.3 Å². The number of carboxylic acid groups (broad SMARTS) is 1. The van der Waals surface area contributed by atoms with E-state index in [1.165, 1.54) is 4.68 Å². The maximum atomic E-state index is 12.6. The molecule has 27 heavy (non-hydrogen) atoms. The van der Waals surface area contributed by atoms with E-state index in [-0.39, 0.29) is 11.5 Å². The van der Waals surface area contributed by atoms with Crippen LogP contribution in [0.5, 0.6) is 0 Å². The van der Waals surface area contributed by atoms with Crippen molar-refractivity contribution in [2.75, 3.05) is 0 Å². The molecular weight excluding hydrogens is 368 g/mol. The van der Waals surface area contributed by atoms with Gasteiger partial charge in [0.1, 0.15) is 15.9 Å². The molecule has 0 bridgehead atoms. The molecule has 2 N–H and O–H groups in total. The third-order valence-electron chi connectivity index (χ3n) is 4.25. The molecule has 0 spiro atoms. The van der Waals surface area contributed by atoms with Crippen LogP contribution in [0, 0.1) is 26.7 Å². The molecule has 0 aliphatic heterocycles. The highest BCUT2D eigenvalue weighted by Gasteiger charge is 2.25. The number of aliphatic carboxylic acids is 1. The number of thiazole rings is 1. The fraction of sp³-hybridized carbons (Fsp3) is 0.500. The molecule has 1 amide bonds. The molecule has 0 aliphatic carbocycles. The van der Waals surface area contributed by atoms with Crippen molar-refractivity contribution >= 4 is 23.2 Å². The molecule has 0 aromatic carbocycles. The molecule has 0 unspecified atom stereocenters. The average Bonchev–Trinajstić information content (AvgIpc) is 2.93. The summed E-state index contributed by atoms with van der Waals surface area (Å²) in [7, 11) is 1.57. The molecule has 2 heterocycles. The van der Waals surface area contributed by atoms with E-state index >= 15 is 0 Å². The van der Waals surface area contributed by atoms with Crippen LogP contribution in [0.4, 0.5) is 0 Å². The Morgan fingerprint density at radius 3 is 2.41 bits per heavy atom. The minimum atomic E-state index is -1.08. The van der Waals surface area contributed by atoms with Gasteiger partial charge in [-0.15, -0.1) is 11.3 Å². The maximum absolute atomic E-state index is 12.6. The van der Waals surface area contributed by atoms with Crippen LogP contribution in [0.15, 0.2) is 4.79 Å². The van der Waals surface area contributed by atoms with Gasteiger partial charge in [0, 0.05) is 7.05 Å². The number of hydrogen-bond donors (Lipinski definition) is 2. The third kappa shape index (κ3) is 4.41. The first kappa shape index (κ1) is 20.8. The Labute approximate surface area is 161 Å². The highest BCUT2D eigenvalue weighted by atomic mass is 32.1. The minimum Gasteiger partial charge on any atom is -0.480 e. The molecule has 2 rings (SSSR count). The van der Waals surface area contributed by atoms with Crippen molar-refractivity contribution in [2.45, 2.75) is 47.1 Å². The molecule has 8 nitrogen and oxygen atoms in total. The van der Waals surface area contributed by atoms with Gasteiger partial charge in [-0.3, -0.25) is 9.59 Å². The van der Waals surface area contributed by atoms with Gasteiger partial charge >= 0.3 is 5.97 Å².